The molecule has 1 saturated heterocycles. The van der Waals surface area contributed by atoms with E-state index in [4.69, 9.17) is 14.2 Å². The number of likely N-dealkylation sites (tertiary alicyclic amines) is 1. The third-order valence-electron chi connectivity index (χ3n) is 6.72. The molecule has 0 spiro atoms. The summed E-state index contributed by atoms with van der Waals surface area (Å²) in [5, 5.41) is 0. The van der Waals surface area contributed by atoms with Crippen LogP contribution in [0.2, 0.25) is 0 Å². The molecule has 1 aromatic rings. The molecule has 0 saturated carbocycles. The Bertz CT molecular complexity index is 1070. The first-order chi connectivity index (χ1) is 16.9. The number of halogens is 3. The maximum Gasteiger partial charge on any atom is 0.429 e. The van der Waals surface area contributed by atoms with Crippen LogP contribution in [0.4, 0.5) is 18.0 Å². The van der Waals surface area contributed by atoms with Gasteiger partial charge in [-0.2, -0.15) is 13.2 Å². The summed E-state index contributed by atoms with van der Waals surface area (Å²) in [7, 11) is 3.36. The van der Waals surface area contributed by atoms with Crippen LogP contribution in [0.15, 0.2) is 65.3 Å². The van der Waals surface area contributed by atoms with Crippen molar-refractivity contribution >= 4 is 6.09 Å². The van der Waals surface area contributed by atoms with E-state index in [2.05, 4.69) is 0 Å². The van der Waals surface area contributed by atoms with Crippen molar-refractivity contribution in [3.63, 3.8) is 0 Å². The minimum absolute atomic E-state index is 0.0984. The van der Waals surface area contributed by atoms with Crippen LogP contribution in [0.3, 0.4) is 0 Å². The molecule has 4 rings (SSSR count). The first-order valence-corrected chi connectivity index (χ1v) is 12.1. The number of hydrogen-bond acceptors (Lipinski definition) is 5. The van der Waals surface area contributed by atoms with Gasteiger partial charge < -0.3 is 19.1 Å². The second-order valence-corrected chi connectivity index (χ2v) is 10.3. The smallest absolute Gasteiger partial charge is 0.429 e. The Morgan fingerprint density at radius 3 is 2.47 bits per heavy atom. The summed E-state index contributed by atoms with van der Waals surface area (Å²) in [4.78, 5) is 16.9. The van der Waals surface area contributed by atoms with Crippen molar-refractivity contribution in [1.82, 2.24) is 9.80 Å². The predicted octanol–water partition coefficient (Wildman–Crippen LogP) is 6.09. The SMILES string of the molecule is COC1=C(N(C)[C@H]2CCCN(C(=O)OC(C)(C)C)[C@H]2c2ccccc2)C=C2C(=COC2C(F)(F)F)C1. The fraction of sp³-hybridized carbons (Fsp3) is 0.519. The highest BCUT2D eigenvalue weighted by Crippen LogP contribution is 2.44. The van der Waals surface area contributed by atoms with Gasteiger partial charge in [0.1, 0.15) is 11.4 Å². The van der Waals surface area contributed by atoms with E-state index in [1.165, 1.54) is 19.4 Å². The van der Waals surface area contributed by atoms with Gasteiger partial charge in [-0.3, -0.25) is 4.90 Å². The average molecular weight is 507 g/mol. The number of fused-ring (bicyclic) bond motifs is 1. The van der Waals surface area contributed by atoms with Gasteiger partial charge in [0.15, 0.2) is 0 Å². The van der Waals surface area contributed by atoms with E-state index >= 15 is 0 Å². The number of nitrogens with zero attached hydrogens (tertiary/aromatic N) is 2. The third-order valence-corrected chi connectivity index (χ3v) is 6.72. The predicted molar refractivity (Wildman–Crippen MR) is 129 cm³/mol. The molecular formula is C27H33F3N2O4. The summed E-state index contributed by atoms with van der Waals surface area (Å²) >= 11 is 0. The second kappa shape index (κ2) is 9.75. The molecule has 1 fully saturated rings. The fourth-order valence-electron chi connectivity index (χ4n) is 5.13. The molecule has 6 nitrogen and oxygen atoms in total. The number of benzene rings is 1. The van der Waals surface area contributed by atoms with E-state index in [1.807, 2.05) is 63.1 Å². The van der Waals surface area contributed by atoms with Gasteiger partial charge in [-0.05, 0) is 45.3 Å². The molecule has 3 atom stereocenters. The standard InChI is InChI=1S/C27H33F3N2O4/c1-26(2,3)36-25(33)32-13-9-12-20(23(32)17-10-7-6-8-11-17)31(4)21-15-19-18(14-22(21)34-5)16-35-24(19)27(28,29)30/h6-8,10-11,15-16,20,23-24H,9,12-14H2,1-5H3/t20-,23-,24?/m0/s1. The van der Waals surface area contributed by atoms with Crippen molar-refractivity contribution in [1.29, 1.82) is 0 Å². The molecule has 0 radical (unpaired) electrons. The van der Waals surface area contributed by atoms with Crippen molar-refractivity contribution in [2.75, 3.05) is 20.7 Å². The van der Waals surface area contributed by atoms with E-state index in [0.29, 0.717) is 23.6 Å². The minimum atomic E-state index is -4.52. The molecule has 36 heavy (non-hydrogen) atoms. The van der Waals surface area contributed by atoms with Crippen molar-refractivity contribution in [3.8, 4) is 0 Å². The summed E-state index contributed by atoms with van der Waals surface area (Å²) in [6, 6.07) is 9.08. The van der Waals surface area contributed by atoms with E-state index in [9.17, 15) is 18.0 Å². The van der Waals surface area contributed by atoms with Crippen LogP contribution in [-0.4, -0.2) is 60.5 Å². The zero-order valence-electron chi connectivity index (χ0n) is 21.3. The Balaban J connectivity index is 1.73. The number of ether oxygens (including phenoxy) is 3. The zero-order chi connectivity index (χ0) is 26.3. The molecule has 0 N–H and O–H groups in total. The zero-order valence-corrected chi connectivity index (χ0v) is 21.3. The maximum atomic E-state index is 13.6. The van der Waals surface area contributed by atoms with Gasteiger partial charge in [-0.25, -0.2) is 4.79 Å². The number of carbonyl (C=O) groups is 1. The van der Waals surface area contributed by atoms with Gasteiger partial charge in [0.05, 0.1) is 31.2 Å². The lowest BCUT2D eigenvalue weighted by Gasteiger charge is -2.46. The van der Waals surface area contributed by atoms with E-state index in [-0.39, 0.29) is 24.1 Å². The summed E-state index contributed by atoms with van der Waals surface area (Å²) < 4.78 is 57.3. The van der Waals surface area contributed by atoms with E-state index in [0.717, 1.165) is 18.4 Å². The second-order valence-electron chi connectivity index (χ2n) is 10.3. The Morgan fingerprint density at radius 1 is 1.17 bits per heavy atom. The lowest BCUT2D eigenvalue weighted by molar-refractivity contribution is -0.188. The topological polar surface area (TPSA) is 51.2 Å². The Morgan fingerprint density at radius 2 is 1.86 bits per heavy atom. The summed E-state index contributed by atoms with van der Waals surface area (Å²) in [6.07, 6.45) is -2.57. The number of likely N-dealkylation sites (N-methyl/N-ethyl adjacent to an activating group) is 1. The highest BCUT2D eigenvalue weighted by Gasteiger charge is 2.49. The molecule has 1 amide bonds. The van der Waals surface area contributed by atoms with Crippen LogP contribution in [0.1, 0.15) is 51.6 Å². The largest absolute Gasteiger partial charge is 0.499 e. The highest BCUT2D eigenvalue weighted by atomic mass is 19.4. The molecule has 2 heterocycles. The van der Waals surface area contributed by atoms with Gasteiger partial charge >= 0.3 is 12.3 Å². The number of allylic oxidation sites excluding steroid dienone is 2. The van der Waals surface area contributed by atoms with Crippen molar-refractivity contribution in [2.45, 2.75) is 70.0 Å². The molecule has 1 unspecified atom stereocenters. The van der Waals surface area contributed by atoms with E-state index < -0.39 is 24.0 Å². The van der Waals surface area contributed by atoms with Crippen molar-refractivity contribution in [2.24, 2.45) is 0 Å². The highest BCUT2D eigenvalue weighted by molar-refractivity contribution is 5.69. The number of hydrogen-bond donors (Lipinski definition) is 0. The van der Waals surface area contributed by atoms with Crippen molar-refractivity contribution < 1.29 is 32.2 Å². The third kappa shape index (κ3) is 5.20. The molecule has 2 aliphatic heterocycles. The summed E-state index contributed by atoms with van der Waals surface area (Å²) in [5.74, 6) is 0.556. The molecule has 9 heteroatoms. The molecule has 0 bridgehead atoms. The Kier molecular flexibility index (Phi) is 7.03. The summed E-state index contributed by atoms with van der Waals surface area (Å²) in [5.41, 5.74) is 1.39. The number of piperidine rings is 1. The number of alkyl halides is 3. The molecule has 0 aromatic heterocycles. The lowest BCUT2D eigenvalue weighted by Crippen LogP contribution is -2.52. The number of methoxy groups -OCH3 is 1. The first kappa shape index (κ1) is 26.0. The van der Waals surface area contributed by atoms with E-state index in [1.54, 1.807) is 4.90 Å². The molecule has 3 aliphatic rings. The lowest BCUT2D eigenvalue weighted by atomic mass is 9.87. The number of amides is 1. The first-order valence-electron chi connectivity index (χ1n) is 12.1. The van der Waals surface area contributed by atoms with Crippen LogP contribution in [0, 0.1) is 0 Å². The molecule has 1 aromatic carbocycles. The fourth-order valence-corrected chi connectivity index (χ4v) is 5.13. The van der Waals surface area contributed by atoms with Gasteiger partial charge in [-0.1, -0.05) is 30.3 Å². The molecule has 1 aliphatic carbocycles. The monoisotopic (exact) mass is 506 g/mol. The van der Waals surface area contributed by atoms with Crippen LogP contribution < -0.4 is 0 Å². The van der Waals surface area contributed by atoms with Crippen LogP contribution >= 0.6 is 0 Å². The van der Waals surface area contributed by atoms with Crippen LogP contribution in [-0.2, 0) is 14.2 Å². The van der Waals surface area contributed by atoms with Gasteiger partial charge in [0, 0.05) is 31.2 Å². The number of carbonyl (C=O) groups excluding carboxylic acids is 1. The van der Waals surface area contributed by atoms with Crippen LogP contribution in [0.25, 0.3) is 0 Å². The number of rotatable bonds is 4. The van der Waals surface area contributed by atoms with Gasteiger partial charge in [-0.15, -0.1) is 0 Å². The molecular weight excluding hydrogens is 473 g/mol. The molecule has 196 valence electrons. The Labute approximate surface area is 210 Å². The quantitative estimate of drug-likeness (QED) is 0.495. The normalized spacial score (nSPS) is 24.4. The van der Waals surface area contributed by atoms with Gasteiger partial charge in [0.25, 0.3) is 0 Å². The Hall–Kier alpha value is -3.10. The summed E-state index contributed by atoms with van der Waals surface area (Å²) in [6.45, 7) is 6.00. The minimum Gasteiger partial charge on any atom is -0.499 e. The average Bonchev–Trinajstić information content (AvgIpc) is 3.25. The van der Waals surface area contributed by atoms with Crippen LogP contribution in [0.5, 0.6) is 0 Å². The van der Waals surface area contributed by atoms with Gasteiger partial charge in [0.2, 0.25) is 6.10 Å². The maximum absolute atomic E-state index is 13.6. The van der Waals surface area contributed by atoms with Crippen molar-refractivity contribution in [3.05, 3.63) is 70.8 Å².